The maximum Gasteiger partial charge on any atom is 0.239 e. The van der Waals surface area contributed by atoms with E-state index in [1.807, 2.05) is 12.1 Å². The van der Waals surface area contributed by atoms with Gasteiger partial charge in [0, 0.05) is 13.1 Å². The number of hydrogen-bond acceptors (Lipinski definition) is 5. The molecule has 0 spiro atoms. The van der Waals surface area contributed by atoms with Gasteiger partial charge in [-0.15, -0.1) is 0 Å². The molecule has 1 unspecified atom stereocenters. The zero-order valence-corrected chi connectivity index (χ0v) is 10.4. The Kier molecular flexibility index (Phi) is 2.99. The molecule has 2 fully saturated rings. The van der Waals surface area contributed by atoms with Crippen LogP contribution in [-0.4, -0.2) is 35.9 Å². The lowest BCUT2D eigenvalue weighted by Gasteiger charge is -2.18. The van der Waals surface area contributed by atoms with E-state index in [1.165, 1.54) is 12.8 Å². The minimum absolute atomic E-state index is 0.250. The Morgan fingerprint density at radius 1 is 1.39 bits per heavy atom. The predicted molar refractivity (Wildman–Crippen MR) is 69.7 cm³/mol. The lowest BCUT2D eigenvalue weighted by atomic mass is 10.3. The molecule has 1 saturated carbocycles. The molecule has 1 aliphatic heterocycles. The van der Waals surface area contributed by atoms with Gasteiger partial charge in [-0.25, -0.2) is 0 Å². The van der Waals surface area contributed by atoms with Crippen LogP contribution in [-0.2, 0) is 0 Å². The van der Waals surface area contributed by atoms with Crippen LogP contribution in [0.15, 0.2) is 12.1 Å². The molecule has 1 aromatic rings. The molecule has 5 nitrogen and oxygen atoms in total. The average molecular weight is 249 g/mol. The van der Waals surface area contributed by atoms with Crippen LogP contribution in [0.1, 0.15) is 19.3 Å². The van der Waals surface area contributed by atoms with Gasteiger partial charge in [-0.05, 0) is 37.3 Å². The summed E-state index contributed by atoms with van der Waals surface area (Å²) in [5, 5.41) is 9.54. The Morgan fingerprint density at radius 2 is 2.22 bits per heavy atom. The summed E-state index contributed by atoms with van der Waals surface area (Å²) in [7, 11) is 0. The van der Waals surface area contributed by atoms with Gasteiger partial charge in [0.15, 0.2) is 0 Å². The maximum atomic E-state index is 9.54. The van der Waals surface area contributed by atoms with E-state index >= 15 is 0 Å². The molecule has 3 rings (SSSR count). The third-order valence-corrected chi connectivity index (χ3v) is 3.52. The minimum Gasteiger partial charge on any atom is -0.476 e. The normalized spacial score (nSPS) is 23.4. The van der Waals surface area contributed by atoms with Gasteiger partial charge in [-0.2, -0.15) is 4.98 Å². The van der Waals surface area contributed by atoms with Crippen molar-refractivity contribution in [3.8, 4) is 5.88 Å². The van der Waals surface area contributed by atoms with Crippen molar-refractivity contribution in [2.75, 3.05) is 30.3 Å². The number of ether oxygens (including phenoxy) is 1. The Labute approximate surface area is 107 Å². The van der Waals surface area contributed by atoms with Crippen LogP contribution < -0.4 is 15.4 Å². The molecule has 3 N–H and O–H groups in total. The highest BCUT2D eigenvalue weighted by Gasteiger charge is 2.24. The first-order chi connectivity index (χ1) is 8.72. The van der Waals surface area contributed by atoms with Crippen molar-refractivity contribution in [2.24, 2.45) is 5.92 Å². The van der Waals surface area contributed by atoms with Gasteiger partial charge >= 0.3 is 0 Å². The summed E-state index contributed by atoms with van der Waals surface area (Å²) in [6, 6.07) is 3.71. The molecular formula is C13H19N3O2. The van der Waals surface area contributed by atoms with Gasteiger partial charge in [-0.1, -0.05) is 0 Å². The van der Waals surface area contributed by atoms with Gasteiger partial charge in [0.2, 0.25) is 5.88 Å². The zero-order chi connectivity index (χ0) is 12.5. The second kappa shape index (κ2) is 4.65. The largest absolute Gasteiger partial charge is 0.476 e. The number of aliphatic hydroxyl groups excluding tert-OH is 1. The third-order valence-electron chi connectivity index (χ3n) is 3.52. The van der Waals surface area contributed by atoms with Crippen molar-refractivity contribution in [1.82, 2.24) is 4.98 Å². The first kappa shape index (κ1) is 11.6. The molecule has 1 atom stereocenters. The fourth-order valence-electron chi connectivity index (χ4n) is 2.16. The molecule has 5 heteroatoms. The first-order valence-electron chi connectivity index (χ1n) is 6.54. The van der Waals surface area contributed by atoms with Crippen LogP contribution in [0.25, 0.3) is 0 Å². The van der Waals surface area contributed by atoms with E-state index in [1.54, 1.807) is 0 Å². The Bertz CT molecular complexity index is 434. The average Bonchev–Trinajstić information content (AvgIpc) is 3.09. The summed E-state index contributed by atoms with van der Waals surface area (Å²) in [5.74, 6) is 2.05. The van der Waals surface area contributed by atoms with Crippen LogP contribution in [0.3, 0.4) is 0 Å². The number of hydrogen-bond donors (Lipinski definition) is 2. The lowest BCUT2D eigenvalue weighted by molar-refractivity contribution is 0.198. The van der Waals surface area contributed by atoms with Crippen LogP contribution in [0, 0.1) is 5.92 Å². The van der Waals surface area contributed by atoms with E-state index in [-0.39, 0.29) is 6.10 Å². The van der Waals surface area contributed by atoms with Crippen LogP contribution in [0.4, 0.5) is 11.5 Å². The Morgan fingerprint density at radius 3 is 2.89 bits per heavy atom. The predicted octanol–water partition coefficient (Wildman–Crippen LogP) is 1.02. The Hall–Kier alpha value is -1.49. The molecule has 1 aliphatic carbocycles. The van der Waals surface area contributed by atoms with E-state index in [9.17, 15) is 5.11 Å². The maximum absolute atomic E-state index is 9.54. The molecule has 0 aromatic carbocycles. The summed E-state index contributed by atoms with van der Waals surface area (Å²) in [6.07, 6.45) is 3.04. The smallest absolute Gasteiger partial charge is 0.239 e. The molecular weight excluding hydrogens is 230 g/mol. The SMILES string of the molecule is Nc1ccc(N2CCC(O)C2)nc1OCC1CC1. The third kappa shape index (κ3) is 2.51. The van der Waals surface area contributed by atoms with Crippen LogP contribution in [0.5, 0.6) is 5.88 Å². The number of nitrogen functional groups attached to an aromatic ring is 1. The summed E-state index contributed by atoms with van der Waals surface area (Å²) in [5.41, 5.74) is 6.45. The van der Waals surface area contributed by atoms with Gasteiger partial charge < -0.3 is 20.5 Å². The lowest BCUT2D eigenvalue weighted by Crippen LogP contribution is -2.22. The summed E-state index contributed by atoms with van der Waals surface area (Å²) >= 11 is 0. The van der Waals surface area contributed by atoms with E-state index in [0.29, 0.717) is 30.6 Å². The fourth-order valence-corrected chi connectivity index (χ4v) is 2.16. The van der Waals surface area contributed by atoms with E-state index in [0.717, 1.165) is 18.8 Å². The van der Waals surface area contributed by atoms with Crippen molar-refractivity contribution in [3.63, 3.8) is 0 Å². The molecule has 1 aromatic heterocycles. The fraction of sp³-hybridized carbons (Fsp3) is 0.615. The van der Waals surface area contributed by atoms with E-state index < -0.39 is 0 Å². The minimum atomic E-state index is -0.250. The molecule has 2 aliphatic rings. The van der Waals surface area contributed by atoms with Crippen LogP contribution in [0.2, 0.25) is 0 Å². The zero-order valence-electron chi connectivity index (χ0n) is 10.4. The highest BCUT2D eigenvalue weighted by Crippen LogP contribution is 2.31. The summed E-state index contributed by atoms with van der Waals surface area (Å²) in [4.78, 5) is 6.52. The number of β-amino-alcohol motifs (C(OH)–C–C–N with tert-alkyl or cyclic N) is 1. The van der Waals surface area contributed by atoms with Crippen molar-refractivity contribution in [2.45, 2.75) is 25.4 Å². The number of aliphatic hydroxyl groups is 1. The van der Waals surface area contributed by atoms with Gasteiger partial charge in [0.25, 0.3) is 0 Å². The number of nitrogens with two attached hydrogens (primary N) is 1. The highest BCUT2D eigenvalue weighted by molar-refractivity contribution is 5.55. The van der Waals surface area contributed by atoms with Gasteiger partial charge in [0.1, 0.15) is 5.82 Å². The summed E-state index contributed by atoms with van der Waals surface area (Å²) in [6.45, 7) is 2.18. The standard InChI is InChI=1S/C13H19N3O2/c14-11-3-4-12(16-6-5-10(17)7-16)15-13(11)18-8-9-1-2-9/h3-4,9-10,17H,1-2,5-8,14H2. The van der Waals surface area contributed by atoms with E-state index in [4.69, 9.17) is 10.5 Å². The second-order valence-corrected chi connectivity index (χ2v) is 5.21. The number of pyridine rings is 1. The van der Waals surface area contributed by atoms with Crippen LogP contribution >= 0.6 is 0 Å². The van der Waals surface area contributed by atoms with Crippen molar-refractivity contribution in [1.29, 1.82) is 0 Å². The monoisotopic (exact) mass is 249 g/mol. The molecule has 0 bridgehead atoms. The number of aromatic nitrogens is 1. The molecule has 18 heavy (non-hydrogen) atoms. The van der Waals surface area contributed by atoms with Gasteiger partial charge in [0.05, 0.1) is 18.4 Å². The van der Waals surface area contributed by atoms with E-state index in [2.05, 4.69) is 9.88 Å². The molecule has 0 radical (unpaired) electrons. The Balaban J connectivity index is 1.72. The number of nitrogens with zero attached hydrogens (tertiary/aromatic N) is 2. The highest BCUT2D eigenvalue weighted by atomic mass is 16.5. The number of anilines is 2. The topological polar surface area (TPSA) is 71.6 Å². The van der Waals surface area contributed by atoms with Crippen molar-refractivity contribution >= 4 is 11.5 Å². The number of rotatable bonds is 4. The van der Waals surface area contributed by atoms with Crippen molar-refractivity contribution in [3.05, 3.63) is 12.1 Å². The van der Waals surface area contributed by atoms with Gasteiger partial charge in [-0.3, -0.25) is 0 Å². The molecule has 98 valence electrons. The second-order valence-electron chi connectivity index (χ2n) is 5.21. The first-order valence-corrected chi connectivity index (χ1v) is 6.54. The molecule has 0 amide bonds. The van der Waals surface area contributed by atoms with Crippen molar-refractivity contribution < 1.29 is 9.84 Å². The molecule has 2 heterocycles. The summed E-state index contributed by atoms with van der Waals surface area (Å²) < 4.78 is 5.66. The molecule has 1 saturated heterocycles. The quantitative estimate of drug-likeness (QED) is 0.833.